The number of nitro benzene ring substituents is 1. The van der Waals surface area contributed by atoms with Gasteiger partial charge in [-0.3, -0.25) is 14.9 Å². The molecule has 0 aromatic heterocycles. The van der Waals surface area contributed by atoms with Crippen molar-refractivity contribution in [2.75, 3.05) is 25.1 Å². The van der Waals surface area contributed by atoms with E-state index in [2.05, 4.69) is 10.6 Å². The molecule has 0 aliphatic rings. The molecule has 0 bridgehead atoms. The van der Waals surface area contributed by atoms with Crippen LogP contribution in [-0.4, -0.2) is 36.6 Å². The normalized spacial score (nSPS) is 9.80. The number of benzene rings is 1. The first-order valence-corrected chi connectivity index (χ1v) is 5.64. The van der Waals surface area contributed by atoms with Crippen molar-refractivity contribution in [3.05, 3.63) is 34.4 Å². The fourth-order valence-corrected chi connectivity index (χ4v) is 1.28. The highest BCUT2D eigenvalue weighted by molar-refractivity contribution is 5.89. The van der Waals surface area contributed by atoms with E-state index in [4.69, 9.17) is 10.5 Å². The molecule has 4 N–H and O–H groups in total. The third-order valence-electron chi connectivity index (χ3n) is 2.09. The maximum atomic E-state index is 11.5. The van der Waals surface area contributed by atoms with Crippen LogP contribution in [0.4, 0.5) is 16.2 Å². The summed E-state index contributed by atoms with van der Waals surface area (Å²) in [5.74, 6) is -0.592. The Labute approximate surface area is 114 Å². The van der Waals surface area contributed by atoms with Crippen molar-refractivity contribution in [1.29, 1.82) is 0 Å². The average Bonchev–Trinajstić information content (AvgIpc) is 2.38. The number of amides is 3. The Bertz CT molecular complexity index is 505. The van der Waals surface area contributed by atoms with Crippen LogP contribution in [0.3, 0.4) is 0 Å². The highest BCUT2D eigenvalue weighted by Crippen LogP contribution is 2.16. The molecule has 9 nitrogen and oxygen atoms in total. The summed E-state index contributed by atoms with van der Waals surface area (Å²) in [4.78, 5) is 31.8. The van der Waals surface area contributed by atoms with E-state index in [1.807, 2.05) is 0 Å². The van der Waals surface area contributed by atoms with Crippen LogP contribution >= 0.6 is 0 Å². The SMILES string of the molecule is NC(=O)COCCNC(=O)Nc1cccc([N+](=O)[O-])c1. The topological polar surface area (TPSA) is 137 Å². The van der Waals surface area contributed by atoms with Gasteiger partial charge in [-0.15, -0.1) is 0 Å². The fraction of sp³-hybridized carbons (Fsp3) is 0.273. The lowest BCUT2D eigenvalue weighted by molar-refractivity contribution is -0.384. The molecule has 3 amide bonds. The van der Waals surface area contributed by atoms with Crippen molar-refractivity contribution in [3.8, 4) is 0 Å². The second kappa shape index (κ2) is 7.69. The number of hydrogen-bond donors (Lipinski definition) is 3. The minimum atomic E-state index is -0.592. The van der Waals surface area contributed by atoms with E-state index in [9.17, 15) is 19.7 Å². The molecule has 0 aliphatic heterocycles. The molecule has 0 unspecified atom stereocenters. The molecule has 20 heavy (non-hydrogen) atoms. The Kier molecular flexibility index (Phi) is 5.91. The average molecular weight is 282 g/mol. The molecule has 0 heterocycles. The maximum absolute atomic E-state index is 11.5. The second-order valence-electron chi connectivity index (χ2n) is 3.71. The Morgan fingerprint density at radius 2 is 2.15 bits per heavy atom. The molecular formula is C11H14N4O5. The van der Waals surface area contributed by atoms with Crippen LogP contribution in [0.15, 0.2) is 24.3 Å². The van der Waals surface area contributed by atoms with Crippen molar-refractivity contribution in [2.24, 2.45) is 5.73 Å². The lowest BCUT2D eigenvalue weighted by Crippen LogP contribution is -2.32. The molecule has 0 fully saturated rings. The van der Waals surface area contributed by atoms with E-state index in [-0.39, 0.29) is 25.4 Å². The van der Waals surface area contributed by atoms with E-state index in [1.165, 1.54) is 24.3 Å². The van der Waals surface area contributed by atoms with Gasteiger partial charge < -0.3 is 21.1 Å². The van der Waals surface area contributed by atoms with Gasteiger partial charge in [-0.2, -0.15) is 0 Å². The molecule has 0 spiro atoms. The summed E-state index contributed by atoms with van der Waals surface area (Å²) in [6.07, 6.45) is 0. The second-order valence-corrected chi connectivity index (χ2v) is 3.71. The van der Waals surface area contributed by atoms with Crippen molar-refractivity contribution >= 4 is 23.3 Å². The first kappa shape index (κ1) is 15.4. The highest BCUT2D eigenvalue weighted by atomic mass is 16.6. The molecule has 1 aromatic carbocycles. The number of nitro groups is 1. The first-order valence-electron chi connectivity index (χ1n) is 5.64. The van der Waals surface area contributed by atoms with Gasteiger partial charge in [0.1, 0.15) is 6.61 Å². The zero-order valence-electron chi connectivity index (χ0n) is 10.5. The summed E-state index contributed by atoms with van der Waals surface area (Å²) in [6, 6.07) is 5.01. The third kappa shape index (κ3) is 5.78. The smallest absolute Gasteiger partial charge is 0.319 e. The summed E-state index contributed by atoms with van der Waals surface area (Å²) < 4.78 is 4.84. The van der Waals surface area contributed by atoms with Gasteiger partial charge >= 0.3 is 6.03 Å². The molecule has 0 atom stereocenters. The van der Waals surface area contributed by atoms with Gasteiger partial charge in [-0.25, -0.2) is 4.79 Å². The number of carbonyl (C=O) groups excluding carboxylic acids is 2. The molecule has 1 aromatic rings. The maximum Gasteiger partial charge on any atom is 0.319 e. The minimum absolute atomic E-state index is 0.118. The number of nitrogens with two attached hydrogens (primary N) is 1. The summed E-state index contributed by atoms with van der Waals surface area (Å²) >= 11 is 0. The van der Waals surface area contributed by atoms with E-state index in [1.54, 1.807) is 0 Å². The number of urea groups is 1. The largest absolute Gasteiger partial charge is 0.370 e. The highest BCUT2D eigenvalue weighted by Gasteiger charge is 2.07. The molecule has 108 valence electrons. The Hall–Kier alpha value is -2.68. The van der Waals surface area contributed by atoms with E-state index in [0.29, 0.717) is 5.69 Å². The van der Waals surface area contributed by atoms with Crippen LogP contribution < -0.4 is 16.4 Å². The van der Waals surface area contributed by atoms with Crippen LogP contribution in [0.2, 0.25) is 0 Å². The van der Waals surface area contributed by atoms with Crippen LogP contribution in [-0.2, 0) is 9.53 Å². The quantitative estimate of drug-likeness (QED) is 0.373. The van der Waals surface area contributed by atoms with Crippen LogP contribution in [0, 0.1) is 10.1 Å². The Morgan fingerprint density at radius 1 is 1.40 bits per heavy atom. The lowest BCUT2D eigenvalue weighted by Gasteiger charge is -2.07. The number of nitrogens with zero attached hydrogens (tertiary/aromatic N) is 1. The molecule has 9 heteroatoms. The van der Waals surface area contributed by atoms with Crippen LogP contribution in [0.5, 0.6) is 0 Å². The number of rotatable bonds is 7. The van der Waals surface area contributed by atoms with Crippen molar-refractivity contribution in [1.82, 2.24) is 5.32 Å². The van der Waals surface area contributed by atoms with E-state index >= 15 is 0 Å². The number of anilines is 1. The van der Waals surface area contributed by atoms with Gasteiger partial charge in [0.05, 0.1) is 11.5 Å². The standard InChI is InChI=1S/C11H14N4O5/c12-10(16)7-20-5-4-13-11(17)14-8-2-1-3-9(6-8)15(18)19/h1-3,6H,4-5,7H2,(H2,12,16)(H2,13,14,17). The van der Waals surface area contributed by atoms with Crippen molar-refractivity contribution in [3.63, 3.8) is 0 Å². The van der Waals surface area contributed by atoms with Gasteiger partial charge in [-0.1, -0.05) is 6.07 Å². The fourth-order valence-electron chi connectivity index (χ4n) is 1.28. The van der Waals surface area contributed by atoms with Crippen LogP contribution in [0.1, 0.15) is 0 Å². The number of ether oxygens (including phenoxy) is 1. The van der Waals surface area contributed by atoms with Gasteiger partial charge in [0.15, 0.2) is 0 Å². The number of carbonyl (C=O) groups is 2. The minimum Gasteiger partial charge on any atom is -0.370 e. The molecule has 1 rings (SSSR count). The van der Waals surface area contributed by atoms with E-state index in [0.717, 1.165) is 0 Å². The zero-order chi connectivity index (χ0) is 15.0. The third-order valence-corrected chi connectivity index (χ3v) is 2.09. The number of nitrogens with one attached hydrogen (secondary N) is 2. The molecule has 0 aliphatic carbocycles. The number of hydrogen-bond acceptors (Lipinski definition) is 5. The van der Waals surface area contributed by atoms with Crippen molar-refractivity contribution in [2.45, 2.75) is 0 Å². The lowest BCUT2D eigenvalue weighted by atomic mass is 10.3. The van der Waals surface area contributed by atoms with Gasteiger partial charge in [0.2, 0.25) is 5.91 Å². The summed E-state index contributed by atoms with van der Waals surface area (Å²) in [5.41, 5.74) is 5.04. The Morgan fingerprint density at radius 3 is 2.80 bits per heavy atom. The van der Waals surface area contributed by atoms with Gasteiger partial charge in [0, 0.05) is 24.4 Å². The predicted octanol–water partition coefficient (Wildman–Crippen LogP) is 0.218. The molecular weight excluding hydrogens is 268 g/mol. The number of non-ortho nitro benzene ring substituents is 1. The van der Waals surface area contributed by atoms with Gasteiger partial charge in [0.25, 0.3) is 5.69 Å². The summed E-state index contributed by atoms with van der Waals surface area (Å²) in [7, 11) is 0. The van der Waals surface area contributed by atoms with E-state index < -0.39 is 16.9 Å². The number of primary amides is 1. The molecule has 0 saturated carbocycles. The monoisotopic (exact) mass is 282 g/mol. The van der Waals surface area contributed by atoms with Crippen molar-refractivity contribution < 1.29 is 19.2 Å². The predicted molar refractivity (Wildman–Crippen MR) is 70.1 cm³/mol. The van der Waals surface area contributed by atoms with Crippen LogP contribution in [0.25, 0.3) is 0 Å². The summed E-state index contributed by atoms with van der Waals surface area (Å²) in [5, 5.41) is 15.5. The zero-order valence-corrected chi connectivity index (χ0v) is 10.5. The van der Waals surface area contributed by atoms with Gasteiger partial charge in [-0.05, 0) is 6.07 Å². The Balaban J connectivity index is 2.33. The molecule has 0 radical (unpaired) electrons. The molecule has 0 saturated heterocycles. The first-order chi connectivity index (χ1) is 9.49. The summed E-state index contributed by atoms with van der Waals surface area (Å²) in [6.45, 7) is 0.0908.